The van der Waals surface area contributed by atoms with Crippen molar-refractivity contribution in [3.63, 3.8) is 0 Å². The lowest BCUT2D eigenvalue weighted by Crippen LogP contribution is -2.23. The highest BCUT2D eigenvalue weighted by Gasteiger charge is 2.40. The first-order chi connectivity index (χ1) is 8.12. The Morgan fingerprint density at radius 2 is 1.29 bits per heavy atom. The summed E-state index contributed by atoms with van der Waals surface area (Å²) in [6.07, 6.45) is -1.83. The predicted molar refractivity (Wildman–Crippen MR) is 61.7 cm³/mol. The van der Waals surface area contributed by atoms with Crippen LogP contribution in [0.4, 0.5) is 8.78 Å². The minimum absolute atomic E-state index is 0.184. The average molecular weight is 234 g/mol. The van der Waals surface area contributed by atoms with E-state index in [-0.39, 0.29) is 11.1 Å². The third kappa shape index (κ3) is 2.34. The lowest BCUT2D eigenvalue weighted by molar-refractivity contribution is -0.117. The molecule has 3 heteroatoms. The van der Waals surface area contributed by atoms with Gasteiger partial charge in [0.2, 0.25) is 0 Å². The maximum absolute atomic E-state index is 14.0. The number of benzene rings is 2. The van der Waals surface area contributed by atoms with Gasteiger partial charge in [-0.3, -0.25) is 0 Å². The van der Waals surface area contributed by atoms with Crippen LogP contribution in [-0.2, 0) is 5.92 Å². The van der Waals surface area contributed by atoms with E-state index in [4.69, 9.17) is 0 Å². The number of hydrogen-bond acceptors (Lipinski definition) is 1. The van der Waals surface area contributed by atoms with Crippen molar-refractivity contribution in [2.24, 2.45) is 0 Å². The molecule has 0 aliphatic heterocycles. The molecule has 2 aromatic rings. The molecule has 1 unspecified atom stereocenters. The van der Waals surface area contributed by atoms with Crippen LogP contribution in [0.3, 0.4) is 0 Å². The molecule has 0 heterocycles. The highest BCUT2D eigenvalue weighted by Crippen LogP contribution is 2.40. The molecule has 0 saturated carbocycles. The van der Waals surface area contributed by atoms with E-state index in [1.165, 1.54) is 36.4 Å². The Labute approximate surface area is 98.3 Å². The molecule has 0 aromatic heterocycles. The zero-order valence-electron chi connectivity index (χ0n) is 9.05. The number of halogens is 2. The number of hydrogen-bond donors (Lipinski definition) is 1. The van der Waals surface area contributed by atoms with Crippen molar-refractivity contribution < 1.29 is 13.9 Å². The van der Waals surface area contributed by atoms with Gasteiger partial charge in [-0.2, -0.15) is 8.78 Å². The molecule has 88 valence electrons. The molecule has 0 spiro atoms. The Morgan fingerprint density at radius 1 is 0.824 bits per heavy atom. The van der Waals surface area contributed by atoms with Crippen LogP contribution in [0.2, 0.25) is 0 Å². The van der Waals surface area contributed by atoms with Crippen molar-refractivity contribution in [2.45, 2.75) is 12.0 Å². The highest BCUT2D eigenvalue weighted by atomic mass is 19.3. The van der Waals surface area contributed by atoms with Gasteiger partial charge in [0.25, 0.3) is 0 Å². The SMILES string of the molecule is OC(c1ccccc1)C(F)(F)c1ccccc1. The molecular weight excluding hydrogens is 222 g/mol. The van der Waals surface area contributed by atoms with E-state index in [9.17, 15) is 13.9 Å². The minimum atomic E-state index is -3.29. The van der Waals surface area contributed by atoms with Gasteiger partial charge in [-0.1, -0.05) is 60.7 Å². The van der Waals surface area contributed by atoms with Crippen molar-refractivity contribution in [3.05, 3.63) is 71.8 Å². The Kier molecular flexibility index (Phi) is 3.20. The Hall–Kier alpha value is -1.74. The summed E-state index contributed by atoms with van der Waals surface area (Å²) in [5.41, 5.74) is 0.0257. The van der Waals surface area contributed by atoms with Crippen LogP contribution in [-0.4, -0.2) is 5.11 Å². The van der Waals surface area contributed by atoms with Crippen LogP contribution in [0.1, 0.15) is 17.2 Å². The number of aliphatic hydroxyl groups excluding tert-OH is 1. The van der Waals surface area contributed by atoms with E-state index in [1.807, 2.05) is 0 Å². The van der Waals surface area contributed by atoms with Crippen LogP contribution in [0.15, 0.2) is 60.7 Å². The van der Waals surface area contributed by atoms with E-state index in [1.54, 1.807) is 24.3 Å². The first kappa shape index (κ1) is 11.7. The third-order valence-electron chi connectivity index (χ3n) is 2.62. The second-order valence-corrected chi connectivity index (χ2v) is 3.80. The maximum atomic E-state index is 14.0. The largest absolute Gasteiger partial charge is 0.382 e. The van der Waals surface area contributed by atoms with E-state index >= 15 is 0 Å². The van der Waals surface area contributed by atoms with Gasteiger partial charge in [0.1, 0.15) is 6.10 Å². The maximum Gasteiger partial charge on any atom is 0.302 e. The van der Waals surface area contributed by atoms with Crippen LogP contribution in [0, 0.1) is 0 Å². The smallest absolute Gasteiger partial charge is 0.302 e. The minimum Gasteiger partial charge on any atom is -0.382 e. The molecule has 1 nitrogen and oxygen atoms in total. The molecule has 0 radical (unpaired) electrons. The normalized spacial score (nSPS) is 13.4. The molecule has 0 amide bonds. The van der Waals surface area contributed by atoms with E-state index in [0.29, 0.717) is 0 Å². The van der Waals surface area contributed by atoms with E-state index in [0.717, 1.165) is 0 Å². The summed E-state index contributed by atoms with van der Waals surface area (Å²) in [5, 5.41) is 9.75. The van der Waals surface area contributed by atoms with Gasteiger partial charge in [-0.15, -0.1) is 0 Å². The van der Waals surface area contributed by atoms with Crippen LogP contribution >= 0.6 is 0 Å². The molecule has 0 aliphatic rings. The zero-order valence-corrected chi connectivity index (χ0v) is 9.05. The molecule has 0 saturated heterocycles. The van der Waals surface area contributed by atoms with Crippen LogP contribution < -0.4 is 0 Å². The van der Waals surface area contributed by atoms with Crippen molar-refractivity contribution >= 4 is 0 Å². The van der Waals surface area contributed by atoms with Gasteiger partial charge in [0, 0.05) is 5.56 Å². The summed E-state index contributed by atoms with van der Waals surface area (Å²) in [6.45, 7) is 0. The molecule has 1 atom stereocenters. The predicted octanol–water partition coefficient (Wildman–Crippen LogP) is 3.51. The number of alkyl halides is 2. The molecule has 2 rings (SSSR count). The van der Waals surface area contributed by atoms with Crippen molar-refractivity contribution in [1.29, 1.82) is 0 Å². The zero-order chi connectivity index (χ0) is 12.3. The molecule has 0 aliphatic carbocycles. The molecule has 17 heavy (non-hydrogen) atoms. The summed E-state index contributed by atoms with van der Waals surface area (Å²) >= 11 is 0. The molecule has 2 aromatic carbocycles. The topological polar surface area (TPSA) is 20.2 Å². The third-order valence-corrected chi connectivity index (χ3v) is 2.62. The number of aliphatic hydroxyl groups is 1. The van der Waals surface area contributed by atoms with Crippen molar-refractivity contribution in [3.8, 4) is 0 Å². The summed E-state index contributed by atoms with van der Waals surface area (Å²) in [5.74, 6) is -3.29. The van der Waals surface area contributed by atoms with Crippen LogP contribution in [0.5, 0.6) is 0 Å². The fourth-order valence-electron chi connectivity index (χ4n) is 1.66. The second-order valence-electron chi connectivity index (χ2n) is 3.80. The van der Waals surface area contributed by atoms with Gasteiger partial charge in [-0.05, 0) is 5.56 Å². The van der Waals surface area contributed by atoms with E-state index < -0.39 is 12.0 Å². The second kappa shape index (κ2) is 4.63. The lowest BCUT2D eigenvalue weighted by atomic mass is 9.97. The molecular formula is C14H12F2O. The molecule has 1 N–H and O–H groups in total. The van der Waals surface area contributed by atoms with Crippen LogP contribution in [0.25, 0.3) is 0 Å². The number of rotatable bonds is 3. The summed E-state index contributed by atoms with van der Waals surface area (Å²) in [4.78, 5) is 0. The van der Waals surface area contributed by atoms with Gasteiger partial charge >= 0.3 is 5.92 Å². The summed E-state index contributed by atoms with van der Waals surface area (Å²) in [6, 6.07) is 15.3. The van der Waals surface area contributed by atoms with Gasteiger partial charge in [-0.25, -0.2) is 0 Å². The summed E-state index contributed by atoms with van der Waals surface area (Å²) in [7, 11) is 0. The first-order valence-corrected chi connectivity index (χ1v) is 5.28. The summed E-state index contributed by atoms with van der Waals surface area (Å²) < 4.78 is 28.0. The van der Waals surface area contributed by atoms with Crippen molar-refractivity contribution in [2.75, 3.05) is 0 Å². The molecule has 0 bridgehead atoms. The van der Waals surface area contributed by atoms with Gasteiger partial charge in [0.05, 0.1) is 0 Å². The quantitative estimate of drug-likeness (QED) is 0.861. The fourth-order valence-corrected chi connectivity index (χ4v) is 1.66. The molecule has 0 fully saturated rings. The first-order valence-electron chi connectivity index (χ1n) is 5.28. The van der Waals surface area contributed by atoms with E-state index in [2.05, 4.69) is 0 Å². The van der Waals surface area contributed by atoms with Gasteiger partial charge in [0.15, 0.2) is 0 Å². The average Bonchev–Trinajstić information content (AvgIpc) is 2.40. The van der Waals surface area contributed by atoms with Gasteiger partial charge < -0.3 is 5.11 Å². The standard InChI is InChI=1S/C14H12F2O/c15-14(16,12-9-5-2-6-10-12)13(17)11-7-3-1-4-8-11/h1-10,13,17H. The van der Waals surface area contributed by atoms with Crippen molar-refractivity contribution in [1.82, 2.24) is 0 Å². The monoisotopic (exact) mass is 234 g/mol. The lowest BCUT2D eigenvalue weighted by Gasteiger charge is -2.23. The fraction of sp³-hybridized carbons (Fsp3) is 0.143. The Bertz CT molecular complexity index is 468. The highest BCUT2D eigenvalue weighted by molar-refractivity contribution is 5.27. The Morgan fingerprint density at radius 3 is 1.82 bits per heavy atom. The Balaban J connectivity index is 2.33.